The monoisotopic (exact) mass is 281 g/mol. The molecule has 0 spiro atoms. The van der Waals surface area contributed by atoms with E-state index in [0.29, 0.717) is 0 Å². The maximum absolute atomic E-state index is 12.2. The second-order valence-corrected chi connectivity index (χ2v) is 5.21. The lowest BCUT2D eigenvalue weighted by atomic mass is 10.2. The Morgan fingerprint density at radius 1 is 1.38 bits per heavy atom. The van der Waals surface area contributed by atoms with Gasteiger partial charge in [-0.05, 0) is 49.9 Å². The third kappa shape index (κ3) is 2.85. The van der Waals surface area contributed by atoms with Gasteiger partial charge in [-0.25, -0.2) is 0 Å². The predicted octanol–water partition coefficient (Wildman–Crippen LogP) is 3.32. The molecule has 0 heterocycles. The van der Waals surface area contributed by atoms with Crippen LogP contribution >= 0.6 is 15.9 Å². The SMILES string of the molecule is CCN(CC1CC1)C(=O)c1ccc(Br)cc1. The zero-order valence-electron chi connectivity index (χ0n) is 9.45. The van der Waals surface area contributed by atoms with Gasteiger partial charge in [-0.3, -0.25) is 4.79 Å². The van der Waals surface area contributed by atoms with E-state index >= 15 is 0 Å². The molecule has 0 aromatic heterocycles. The van der Waals surface area contributed by atoms with Gasteiger partial charge in [-0.2, -0.15) is 0 Å². The number of nitrogens with zero attached hydrogens (tertiary/aromatic N) is 1. The van der Waals surface area contributed by atoms with E-state index in [1.807, 2.05) is 36.1 Å². The number of hydrogen-bond donors (Lipinski definition) is 0. The van der Waals surface area contributed by atoms with Crippen LogP contribution in [0.2, 0.25) is 0 Å². The molecular formula is C13H16BrNO. The van der Waals surface area contributed by atoms with Crippen molar-refractivity contribution in [2.24, 2.45) is 5.92 Å². The number of amides is 1. The van der Waals surface area contributed by atoms with Crippen molar-refractivity contribution < 1.29 is 4.79 Å². The fourth-order valence-electron chi connectivity index (χ4n) is 1.74. The number of carbonyl (C=O) groups excluding carboxylic acids is 1. The summed E-state index contributed by atoms with van der Waals surface area (Å²) in [5.41, 5.74) is 0.783. The standard InChI is InChI=1S/C13H16BrNO/c1-2-15(9-10-3-4-10)13(16)11-5-7-12(14)8-6-11/h5-8,10H,2-4,9H2,1H3. The molecule has 3 heteroatoms. The van der Waals surface area contributed by atoms with Gasteiger partial charge in [0.2, 0.25) is 0 Å². The van der Waals surface area contributed by atoms with E-state index < -0.39 is 0 Å². The fraction of sp³-hybridized carbons (Fsp3) is 0.462. The molecule has 1 amide bonds. The Kier molecular flexibility index (Phi) is 3.64. The Balaban J connectivity index is 2.06. The van der Waals surface area contributed by atoms with Crippen LogP contribution in [0, 0.1) is 5.92 Å². The third-order valence-corrected chi connectivity index (χ3v) is 3.46. The number of halogens is 1. The summed E-state index contributed by atoms with van der Waals surface area (Å²) in [5.74, 6) is 0.904. The van der Waals surface area contributed by atoms with Crippen molar-refractivity contribution in [3.05, 3.63) is 34.3 Å². The lowest BCUT2D eigenvalue weighted by Crippen LogP contribution is -2.32. The van der Waals surface area contributed by atoms with Gasteiger partial charge in [0.15, 0.2) is 0 Å². The van der Waals surface area contributed by atoms with Crippen LogP contribution in [0.4, 0.5) is 0 Å². The minimum atomic E-state index is 0.155. The molecule has 0 N–H and O–H groups in total. The lowest BCUT2D eigenvalue weighted by molar-refractivity contribution is 0.0757. The van der Waals surface area contributed by atoms with Gasteiger partial charge in [0, 0.05) is 23.1 Å². The van der Waals surface area contributed by atoms with Gasteiger partial charge in [0.05, 0.1) is 0 Å². The molecule has 1 aromatic carbocycles. The highest BCUT2D eigenvalue weighted by Gasteiger charge is 2.26. The first-order valence-corrected chi connectivity index (χ1v) is 6.55. The Morgan fingerprint density at radius 3 is 2.50 bits per heavy atom. The first kappa shape index (κ1) is 11.6. The van der Waals surface area contributed by atoms with Gasteiger partial charge in [-0.15, -0.1) is 0 Å². The molecule has 1 saturated carbocycles. The highest BCUT2D eigenvalue weighted by molar-refractivity contribution is 9.10. The Hall–Kier alpha value is -0.830. The van der Waals surface area contributed by atoms with Crippen molar-refractivity contribution in [3.63, 3.8) is 0 Å². The van der Waals surface area contributed by atoms with Crippen LogP contribution in [0.5, 0.6) is 0 Å². The average molecular weight is 282 g/mol. The maximum atomic E-state index is 12.2. The number of hydrogen-bond acceptors (Lipinski definition) is 1. The van der Waals surface area contributed by atoms with Crippen LogP contribution in [0.1, 0.15) is 30.1 Å². The molecule has 0 aliphatic heterocycles. The molecule has 1 aliphatic rings. The van der Waals surface area contributed by atoms with Crippen LogP contribution in [0.25, 0.3) is 0 Å². The molecular weight excluding hydrogens is 266 g/mol. The normalized spacial score (nSPS) is 14.9. The van der Waals surface area contributed by atoms with Gasteiger partial charge >= 0.3 is 0 Å². The van der Waals surface area contributed by atoms with Crippen molar-refractivity contribution in [1.82, 2.24) is 4.90 Å². The second-order valence-electron chi connectivity index (χ2n) is 4.29. The zero-order valence-corrected chi connectivity index (χ0v) is 11.0. The Bertz CT molecular complexity index is 370. The minimum absolute atomic E-state index is 0.155. The molecule has 0 saturated heterocycles. The van der Waals surface area contributed by atoms with E-state index in [1.165, 1.54) is 12.8 Å². The van der Waals surface area contributed by atoms with Gasteiger partial charge in [-0.1, -0.05) is 15.9 Å². The van der Waals surface area contributed by atoms with Crippen molar-refractivity contribution in [1.29, 1.82) is 0 Å². The summed E-state index contributed by atoms with van der Waals surface area (Å²) in [6, 6.07) is 7.58. The van der Waals surface area contributed by atoms with Gasteiger partial charge in [0.25, 0.3) is 5.91 Å². The molecule has 1 fully saturated rings. The molecule has 1 aliphatic carbocycles. The molecule has 0 radical (unpaired) electrons. The summed E-state index contributed by atoms with van der Waals surface area (Å²) < 4.78 is 1.01. The summed E-state index contributed by atoms with van der Waals surface area (Å²) in [6.07, 6.45) is 2.56. The Morgan fingerprint density at radius 2 is 2.00 bits per heavy atom. The average Bonchev–Trinajstić information content (AvgIpc) is 3.10. The van der Waals surface area contributed by atoms with Crippen LogP contribution in [0.15, 0.2) is 28.7 Å². The highest BCUT2D eigenvalue weighted by Crippen LogP contribution is 2.30. The summed E-state index contributed by atoms with van der Waals surface area (Å²) in [4.78, 5) is 14.1. The fourth-order valence-corrected chi connectivity index (χ4v) is 2.01. The van der Waals surface area contributed by atoms with Crippen molar-refractivity contribution >= 4 is 21.8 Å². The van der Waals surface area contributed by atoms with Gasteiger partial charge < -0.3 is 4.90 Å². The van der Waals surface area contributed by atoms with Crippen LogP contribution < -0.4 is 0 Å². The zero-order chi connectivity index (χ0) is 11.5. The number of rotatable bonds is 4. The van der Waals surface area contributed by atoms with Crippen LogP contribution in [-0.2, 0) is 0 Å². The Labute approximate surface area is 105 Å². The summed E-state index contributed by atoms with van der Waals surface area (Å²) in [5, 5.41) is 0. The van der Waals surface area contributed by atoms with E-state index in [4.69, 9.17) is 0 Å². The van der Waals surface area contributed by atoms with Crippen molar-refractivity contribution in [2.75, 3.05) is 13.1 Å². The smallest absolute Gasteiger partial charge is 0.253 e. The molecule has 0 bridgehead atoms. The summed E-state index contributed by atoms with van der Waals surface area (Å²) in [7, 11) is 0. The van der Waals surface area contributed by atoms with E-state index in [0.717, 1.165) is 29.0 Å². The minimum Gasteiger partial charge on any atom is -0.339 e. The largest absolute Gasteiger partial charge is 0.339 e. The van der Waals surface area contributed by atoms with Crippen molar-refractivity contribution in [2.45, 2.75) is 19.8 Å². The molecule has 2 rings (SSSR count). The third-order valence-electron chi connectivity index (χ3n) is 2.94. The van der Waals surface area contributed by atoms with Gasteiger partial charge in [0.1, 0.15) is 0 Å². The maximum Gasteiger partial charge on any atom is 0.253 e. The summed E-state index contributed by atoms with van der Waals surface area (Å²) in [6.45, 7) is 3.76. The lowest BCUT2D eigenvalue weighted by Gasteiger charge is -2.20. The molecule has 2 nitrogen and oxygen atoms in total. The quantitative estimate of drug-likeness (QED) is 0.829. The second kappa shape index (κ2) is 5.00. The van der Waals surface area contributed by atoms with Crippen LogP contribution in [-0.4, -0.2) is 23.9 Å². The van der Waals surface area contributed by atoms with E-state index in [2.05, 4.69) is 15.9 Å². The number of carbonyl (C=O) groups is 1. The van der Waals surface area contributed by atoms with E-state index in [-0.39, 0.29) is 5.91 Å². The predicted molar refractivity (Wildman–Crippen MR) is 68.4 cm³/mol. The first-order chi connectivity index (χ1) is 7.70. The van der Waals surface area contributed by atoms with E-state index in [1.54, 1.807) is 0 Å². The molecule has 0 atom stereocenters. The molecule has 86 valence electrons. The summed E-state index contributed by atoms with van der Waals surface area (Å²) >= 11 is 3.37. The number of benzene rings is 1. The molecule has 1 aromatic rings. The topological polar surface area (TPSA) is 20.3 Å². The highest BCUT2D eigenvalue weighted by atomic mass is 79.9. The van der Waals surface area contributed by atoms with Crippen molar-refractivity contribution in [3.8, 4) is 0 Å². The van der Waals surface area contributed by atoms with Crippen LogP contribution in [0.3, 0.4) is 0 Å². The molecule has 16 heavy (non-hydrogen) atoms. The van der Waals surface area contributed by atoms with E-state index in [9.17, 15) is 4.79 Å². The molecule has 0 unspecified atom stereocenters. The first-order valence-electron chi connectivity index (χ1n) is 5.75.